The van der Waals surface area contributed by atoms with Crippen molar-refractivity contribution in [2.75, 3.05) is 6.61 Å². The standard InChI is InChI=1S/C20H18ClNO2/c1-14(16-7-4-8-18(21)11-16)22-20(23)13-24-19-10-9-15-5-2-3-6-17(15)12-19/h2-12,14H,13H2,1H3,(H,22,23). The van der Waals surface area contributed by atoms with Crippen molar-refractivity contribution in [1.29, 1.82) is 0 Å². The molecule has 3 aromatic carbocycles. The third kappa shape index (κ3) is 4.06. The van der Waals surface area contributed by atoms with Crippen LogP contribution in [0.3, 0.4) is 0 Å². The van der Waals surface area contributed by atoms with Gasteiger partial charge in [-0.3, -0.25) is 4.79 Å². The second-order valence-electron chi connectivity index (χ2n) is 5.64. The van der Waals surface area contributed by atoms with E-state index in [9.17, 15) is 4.79 Å². The molecular formula is C20H18ClNO2. The van der Waals surface area contributed by atoms with Crippen LogP contribution in [0.5, 0.6) is 5.75 Å². The Morgan fingerprint density at radius 3 is 2.62 bits per heavy atom. The lowest BCUT2D eigenvalue weighted by Crippen LogP contribution is -2.31. The molecule has 3 rings (SSSR count). The molecule has 1 unspecified atom stereocenters. The van der Waals surface area contributed by atoms with Gasteiger partial charge in [0.25, 0.3) is 5.91 Å². The molecule has 0 bridgehead atoms. The molecule has 0 radical (unpaired) electrons. The number of carbonyl (C=O) groups is 1. The van der Waals surface area contributed by atoms with Gasteiger partial charge in [-0.1, -0.05) is 54.1 Å². The van der Waals surface area contributed by atoms with Crippen LogP contribution in [0.25, 0.3) is 10.8 Å². The average Bonchev–Trinajstić information content (AvgIpc) is 2.59. The maximum Gasteiger partial charge on any atom is 0.258 e. The van der Waals surface area contributed by atoms with E-state index < -0.39 is 0 Å². The SMILES string of the molecule is CC(NC(=O)COc1ccc2ccccc2c1)c1cccc(Cl)c1. The Morgan fingerprint density at radius 2 is 1.83 bits per heavy atom. The van der Waals surface area contributed by atoms with E-state index in [1.807, 2.05) is 73.7 Å². The Morgan fingerprint density at radius 1 is 1.04 bits per heavy atom. The second-order valence-corrected chi connectivity index (χ2v) is 6.08. The van der Waals surface area contributed by atoms with Gasteiger partial charge in [-0.15, -0.1) is 0 Å². The van der Waals surface area contributed by atoms with Gasteiger partial charge in [0.05, 0.1) is 6.04 Å². The fourth-order valence-corrected chi connectivity index (χ4v) is 2.75. The van der Waals surface area contributed by atoms with Crippen LogP contribution >= 0.6 is 11.6 Å². The third-order valence-electron chi connectivity index (χ3n) is 3.82. The lowest BCUT2D eigenvalue weighted by molar-refractivity contribution is -0.123. The molecule has 0 spiro atoms. The topological polar surface area (TPSA) is 38.3 Å². The van der Waals surface area contributed by atoms with E-state index in [1.54, 1.807) is 0 Å². The summed E-state index contributed by atoms with van der Waals surface area (Å²) in [4.78, 5) is 12.1. The van der Waals surface area contributed by atoms with Crippen molar-refractivity contribution in [3.8, 4) is 5.75 Å². The van der Waals surface area contributed by atoms with E-state index in [4.69, 9.17) is 16.3 Å². The lowest BCUT2D eigenvalue weighted by Gasteiger charge is -2.15. The summed E-state index contributed by atoms with van der Waals surface area (Å²) in [6.07, 6.45) is 0. The minimum Gasteiger partial charge on any atom is -0.484 e. The summed E-state index contributed by atoms with van der Waals surface area (Å²) in [6.45, 7) is 1.89. The van der Waals surface area contributed by atoms with Gasteiger partial charge in [-0.05, 0) is 47.5 Å². The number of halogens is 1. The van der Waals surface area contributed by atoms with Crippen molar-refractivity contribution in [3.05, 3.63) is 77.3 Å². The van der Waals surface area contributed by atoms with Gasteiger partial charge in [-0.25, -0.2) is 0 Å². The molecule has 0 fully saturated rings. The van der Waals surface area contributed by atoms with Gasteiger partial charge in [0, 0.05) is 5.02 Å². The number of benzene rings is 3. The molecule has 0 saturated heterocycles. The molecule has 0 aromatic heterocycles. The molecule has 0 saturated carbocycles. The number of rotatable bonds is 5. The van der Waals surface area contributed by atoms with E-state index >= 15 is 0 Å². The van der Waals surface area contributed by atoms with Crippen molar-refractivity contribution >= 4 is 28.3 Å². The first-order chi connectivity index (χ1) is 11.6. The number of fused-ring (bicyclic) bond motifs is 1. The highest BCUT2D eigenvalue weighted by atomic mass is 35.5. The summed E-state index contributed by atoms with van der Waals surface area (Å²) in [5.74, 6) is 0.509. The Kier molecular flexibility index (Phi) is 5.02. The van der Waals surface area contributed by atoms with Crippen molar-refractivity contribution < 1.29 is 9.53 Å². The molecule has 4 heteroatoms. The number of carbonyl (C=O) groups excluding carboxylic acids is 1. The first-order valence-electron chi connectivity index (χ1n) is 7.78. The zero-order chi connectivity index (χ0) is 16.9. The fourth-order valence-electron chi connectivity index (χ4n) is 2.55. The van der Waals surface area contributed by atoms with Crippen molar-refractivity contribution in [2.45, 2.75) is 13.0 Å². The maximum absolute atomic E-state index is 12.1. The van der Waals surface area contributed by atoms with Crippen molar-refractivity contribution in [1.82, 2.24) is 5.32 Å². The highest BCUT2D eigenvalue weighted by Gasteiger charge is 2.10. The summed E-state index contributed by atoms with van der Waals surface area (Å²) >= 11 is 5.98. The van der Waals surface area contributed by atoms with Gasteiger partial charge < -0.3 is 10.1 Å². The Balaban J connectivity index is 1.58. The zero-order valence-electron chi connectivity index (χ0n) is 13.3. The minimum atomic E-state index is -0.171. The molecule has 1 atom stereocenters. The van der Waals surface area contributed by atoms with E-state index in [0.717, 1.165) is 16.3 Å². The molecule has 0 aliphatic rings. The fraction of sp³-hybridized carbons (Fsp3) is 0.150. The smallest absolute Gasteiger partial charge is 0.258 e. The summed E-state index contributed by atoms with van der Waals surface area (Å²) in [7, 11) is 0. The first kappa shape index (κ1) is 16.3. The van der Waals surface area contributed by atoms with Crippen LogP contribution in [-0.2, 0) is 4.79 Å². The van der Waals surface area contributed by atoms with Crippen molar-refractivity contribution in [2.24, 2.45) is 0 Å². The Labute approximate surface area is 146 Å². The van der Waals surface area contributed by atoms with E-state index in [0.29, 0.717) is 10.8 Å². The molecule has 3 nitrogen and oxygen atoms in total. The summed E-state index contributed by atoms with van der Waals surface area (Å²) in [5, 5.41) is 5.79. The predicted molar refractivity (Wildman–Crippen MR) is 97.5 cm³/mol. The molecule has 3 aromatic rings. The zero-order valence-corrected chi connectivity index (χ0v) is 14.1. The number of amides is 1. The van der Waals surface area contributed by atoms with Crippen LogP contribution < -0.4 is 10.1 Å². The quantitative estimate of drug-likeness (QED) is 0.728. The Hall–Kier alpha value is -2.52. The molecule has 1 N–H and O–H groups in total. The van der Waals surface area contributed by atoms with Crippen LogP contribution in [0.15, 0.2) is 66.7 Å². The van der Waals surface area contributed by atoms with Crippen molar-refractivity contribution in [3.63, 3.8) is 0 Å². The van der Waals surface area contributed by atoms with Gasteiger partial charge in [-0.2, -0.15) is 0 Å². The monoisotopic (exact) mass is 339 g/mol. The molecule has 0 aliphatic heterocycles. The van der Waals surface area contributed by atoms with E-state index in [-0.39, 0.29) is 18.6 Å². The third-order valence-corrected chi connectivity index (χ3v) is 4.05. The number of ether oxygens (including phenoxy) is 1. The highest BCUT2D eigenvalue weighted by Crippen LogP contribution is 2.21. The summed E-state index contributed by atoms with van der Waals surface area (Å²) in [6, 6.07) is 21.1. The lowest BCUT2D eigenvalue weighted by atomic mass is 10.1. The maximum atomic E-state index is 12.1. The van der Waals surface area contributed by atoms with Gasteiger partial charge in [0.15, 0.2) is 6.61 Å². The molecule has 0 heterocycles. The van der Waals surface area contributed by atoms with E-state index in [1.165, 1.54) is 0 Å². The molecular weight excluding hydrogens is 322 g/mol. The molecule has 122 valence electrons. The van der Waals surface area contributed by atoms with Gasteiger partial charge in [0.2, 0.25) is 0 Å². The average molecular weight is 340 g/mol. The second kappa shape index (κ2) is 7.37. The highest BCUT2D eigenvalue weighted by molar-refractivity contribution is 6.30. The first-order valence-corrected chi connectivity index (χ1v) is 8.16. The van der Waals surface area contributed by atoms with Gasteiger partial charge >= 0.3 is 0 Å². The molecule has 24 heavy (non-hydrogen) atoms. The molecule has 0 aliphatic carbocycles. The van der Waals surface area contributed by atoms with Crippen LogP contribution in [0, 0.1) is 0 Å². The molecule has 1 amide bonds. The van der Waals surface area contributed by atoms with E-state index in [2.05, 4.69) is 5.32 Å². The van der Waals surface area contributed by atoms with Gasteiger partial charge in [0.1, 0.15) is 5.75 Å². The number of nitrogens with one attached hydrogen (secondary N) is 1. The van der Waals surface area contributed by atoms with Crippen LogP contribution in [0.4, 0.5) is 0 Å². The minimum absolute atomic E-state index is 0.0246. The summed E-state index contributed by atoms with van der Waals surface area (Å²) < 4.78 is 5.60. The number of hydrogen-bond acceptors (Lipinski definition) is 2. The normalized spacial score (nSPS) is 11.9. The Bertz CT molecular complexity index is 863. The van der Waals surface area contributed by atoms with Crippen LogP contribution in [0.2, 0.25) is 5.02 Å². The predicted octanol–water partition coefficient (Wildman–Crippen LogP) is 4.75. The van der Waals surface area contributed by atoms with Crippen LogP contribution in [-0.4, -0.2) is 12.5 Å². The largest absolute Gasteiger partial charge is 0.484 e. The number of hydrogen-bond donors (Lipinski definition) is 1. The summed E-state index contributed by atoms with van der Waals surface area (Å²) in [5.41, 5.74) is 0.960. The van der Waals surface area contributed by atoms with Crippen LogP contribution in [0.1, 0.15) is 18.5 Å².